The predicted octanol–water partition coefficient (Wildman–Crippen LogP) is -0.0124. The van der Waals surface area contributed by atoms with Gasteiger partial charge in [0, 0.05) is 0 Å². The Hall–Kier alpha value is -1.10. The molecule has 5 heteroatoms. The van der Waals surface area contributed by atoms with Crippen LogP contribution in [-0.2, 0) is 14.3 Å². The molecule has 0 aromatic rings. The molecule has 0 amide bonds. The summed E-state index contributed by atoms with van der Waals surface area (Å²) in [4.78, 5) is 21.8. The Bertz CT molecular complexity index is 214. The molecule has 0 unspecified atom stereocenters. The quantitative estimate of drug-likeness (QED) is 0.479. The molecule has 0 radical (unpaired) electrons. The zero-order valence-electron chi connectivity index (χ0n) is 8.03. The molecule has 1 atom stereocenters. The lowest BCUT2D eigenvalue weighted by molar-refractivity contribution is -0.160. The fourth-order valence-corrected chi connectivity index (χ4v) is 1.08. The molecule has 0 aliphatic heterocycles. The maximum absolute atomic E-state index is 11.1. The molecule has 0 aliphatic rings. The van der Waals surface area contributed by atoms with Crippen molar-refractivity contribution in [1.29, 1.82) is 0 Å². The van der Waals surface area contributed by atoms with E-state index in [1.807, 2.05) is 0 Å². The lowest BCUT2D eigenvalue weighted by atomic mass is 9.90. The van der Waals surface area contributed by atoms with Crippen molar-refractivity contribution in [1.82, 2.24) is 0 Å². The largest absolute Gasteiger partial charge is 0.479 e. The van der Waals surface area contributed by atoms with Gasteiger partial charge in [0.2, 0.25) is 5.54 Å². The van der Waals surface area contributed by atoms with Gasteiger partial charge in [-0.1, -0.05) is 13.8 Å². The van der Waals surface area contributed by atoms with Crippen molar-refractivity contribution < 1.29 is 19.4 Å². The van der Waals surface area contributed by atoms with Crippen LogP contribution >= 0.6 is 0 Å². The van der Waals surface area contributed by atoms with Gasteiger partial charge in [-0.25, -0.2) is 9.59 Å². The zero-order chi connectivity index (χ0) is 10.6. The Morgan fingerprint density at radius 1 is 1.54 bits per heavy atom. The number of hydrogen-bond donors (Lipinski definition) is 2. The summed E-state index contributed by atoms with van der Waals surface area (Å²) >= 11 is 0. The Morgan fingerprint density at radius 2 is 2.00 bits per heavy atom. The van der Waals surface area contributed by atoms with Gasteiger partial charge in [0.05, 0.1) is 7.11 Å². The molecule has 0 saturated heterocycles. The molecule has 0 rings (SSSR count). The summed E-state index contributed by atoms with van der Waals surface area (Å²) in [6, 6.07) is 0. The number of carboxylic acids is 1. The monoisotopic (exact) mass is 189 g/mol. The molecule has 0 aromatic carbocycles. The van der Waals surface area contributed by atoms with Gasteiger partial charge in [-0.3, -0.25) is 0 Å². The number of aliphatic carboxylic acids is 1. The average Bonchev–Trinajstić information content (AvgIpc) is 2.01. The van der Waals surface area contributed by atoms with E-state index in [1.54, 1.807) is 13.8 Å². The van der Waals surface area contributed by atoms with Crippen molar-refractivity contribution in [2.45, 2.75) is 25.8 Å². The van der Waals surface area contributed by atoms with Crippen molar-refractivity contribution in [2.75, 3.05) is 7.11 Å². The summed E-state index contributed by atoms with van der Waals surface area (Å²) in [6.07, 6.45) is 0.0645. The Labute approximate surface area is 76.9 Å². The van der Waals surface area contributed by atoms with E-state index in [9.17, 15) is 9.59 Å². The van der Waals surface area contributed by atoms with Crippen LogP contribution in [0.15, 0.2) is 0 Å². The van der Waals surface area contributed by atoms with Crippen LogP contribution in [0.3, 0.4) is 0 Å². The summed E-state index contributed by atoms with van der Waals surface area (Å²) < 4.78 is 4.33. The fourth-order valence-electron chi connectivity index (χ4n) is 1.08. The van der Waals surface area contributed by atoms with Crippen LogP contribution in [0.4, 0.5) is 0 Å². The van der Waals surface area contributed by atoms with E-state index in [2.05, 4.69) is 4.74 Å². The molecule has 0 spiro atoms. The van der Waals surface area contributed by atoms with Gasteiger partial charge in [0.15, 0.2) is 0 Å². The first-order valence-corrected chi connectivity index (χ1v) is 3.95. The molecular weight excluding hydrogens is 174 g/mol. The molecule has 0 aromatic heterocycles. The highest BCUT2D eigenvalue weighted by molar-refractivity contribution is 6.03. The third kappa shape index (κ3) is 2.69. The lowest BCUT2D eigenvalue weighted by Crippen LogP contribution is -2.56. The van der Waals surface area contributed by atoms with Crippen LogP contribution in [0.25, 0.3) is 0 Å². The minimum Gasteiger partial charge on any atom is -0.479 e. The molecular formula is C8H15NO4. The number of hydrogen-bond acceptors (Lipinski definition) is 4. The van der Waals surface area contributed by atoms with Crippen LogP contribution in [0.5, 0.6) is 0 Å². The highest BCUT2D eigenvalue weighted by Gasteiger charge is 2.43. The van der Waals surface area contributed by atoms with E-state index in [0.717, 1.165) is 7.11 Å². The maximum Gasteiger partial charge on any atom is 0.337 e. The Balaban J connectivity index is 4.73. The highest BCUT2D eigenvalue weighted by atomic mass is 16.5. The lowest BCUT2D eigenvalue weighted by Gasteiger charge is -2.23. The molecule has 3 N–H and O–H groups in total. The summed E-state index contributed by atoms with van der Waals surface area (Å²) in [5.41, 5.74) is 3.51. The second-order valence-electron chi connectivity index (χ2n) is 3.37. The normalized spacial score (nSPS) is 15.2. The number of carbonyl (C=O) groups excluding carboxylic acids is 1. The molecule has 13 heavy (non-hydrogen) atoms. The topological polar surface area (TPSA) is 89.6 Å². The van der Waals surface area contributed by atoms with Crippen molar-refractivity contribution in [3.8, 4) is 0 Å². The van der Waals surface area contributed by atoms with Gasteiger partial charge in [0.1, 0.15) is 0 Å². The molecule has 0 heterocycles. The van der Waals surface area contributed by atoms with Gasteiger partial charge >= 0.3 is 11.9 Å². The number of ether oxygens (including phenoxy) is 1. The zero-order valence-corrected chi connectivity index (χ0v) is 8.03. The van der Waals surface area contributed by atoms with E-state index in [4.69, 9.17) is 10.8 Å². The molecule has 0 saturated carbocycles. The van der Waals surface area contributed by atoms with E-state index in [0.29, 0.717) is 0 Å². The second kappa shape index (κ2) is 4.23. The Morgan fingerprint density at radius 3 is 2.23 bits per heavy atom. The molecule has 0 aliphatic carbocycles. The van der Waals surface area contributed by atoms with Crippen LogP contribution in [0, 0.1) is 5.92 Å². The van der Waals surface area contributed by atoms with Gasteiger partial charge in [-0.05, 0) is 12.3 Å². The number of carboxylic acid groups (broad SMARTS) is 1. The van der Waals surface area contributed by atoms with Gasteiger partial charge in [-0.15, -0.1) is 0 Å². The van der Waals surface area contributed by atoms with Crippen LogP contribution in [0.2, 0.25) is 0 Å². The predicted molar refractivity (Wildman–Crippen MR) is 46.0 cm³/mol. The highest BCUT2D eigenvalue weighted by Crippen LogP contribution is 2.16. The first kappa shape index (κ1) is 11.9. The molecule has 5 nitrogen and oxygen atoms in total. The second-order valence-corrected chi connectivity index (χ2v) is 3.37. The summed E-state index contributed by atoms with van der Waals surface area (Å²) in [5.74, 6) is -2.25. The van der Waals surface area contributed by atoms with E-state index in [-0.39, 0.29) is 12.3 Å². The van der Waals surface area contributed by atoms with Gasteiger partial charge < -0.3 is 15.6 Å². The standard InChI is InChI=1S/C8H15NO4/c1-5(2)4-8(9,6(10)11)7(12)13-3/h5H,4,9H2,1-3H3,(H,10,11)/t8-/m0/s1. The van der Waals surface area contributed by atoms with Crippen LogP contribution in [-0.4, -0.2) is 29.7 Å². The van der Waals surface area contributed by atoms with Gasteiger partial charge in [0.25, 0.3) is 0 Å². The van der Waals surface area contributed by atoms with E-state index < -0.39 is 17.5 Å². The molecule has 76 valence electrons. The number of methoxy groups -OCH3 is 1. The smallest absolute Gasteiger partial charge is 0.337 e. The summed E-state index contributed by atoms with van der Waals surface area (Å²) in [6.45, 7) is 3.57. The Kier molecular flexibility index (Phi) is 3.87. The van der Waals surface area contributed by atoms with Crippen molar-refractivity contribution in [3.05, 3.63) is 0 Å². The van der Waals surface area contributed by atoms with Crippen molar-refractivity contribution in [3.63, 3.8) is 0 Å². The minimum absolute atomic E-state index is 0.0141. The fraction of sp³-hybridized carbons (Fsp3) is 0.750. The van der Waals surface area contributed by atoms with Crippen LogP contribution in [0.1, 0.15) is 20.3 Å². The van der Waals surface area contributed by atoms with Crippen molar-refractivity contribution >= 4 is 11.9 Å². The maximum atomic E-state index is 11.1. The summed E-state index contributed by atoms with van der Waals surface area (Å²) in [7, 11) is 1.12. The number of carbonyl (C=O) groups is 2. The summed E-state index contributed by atoms with van der Waals surface area (Å²) in [5, 5.41) is 8.76. The van der Waals surface area contributed by atoms with Gasteiger partial charge in [-0.2, -0.15) is 0 Å². The SMILES string of the molecule is COC(=O)[C@](N)(CC(C)C)C(=O)O. The molecule has 0 bridgehead atoms. The van der Waals surface area contributed by atoms with Crippen LogP contribution < -0.4 is 5.73 Å². The number of rotatable bonds is 4. The number of esters is 1. The average molecular weight is 189 g/mol. The first-order valence-electron chi connectivity index (χ1n) is 3.95. The molecule has 0 fully saturated rings. The third-order valence-electron chi connectivity index (χ3n) is 1.66. The first-order chi connectivity index (χ1) is 5.84. The van der Waals surface area contributed by atoms with E-state index >= 15 is 0 Å². The van der Waals surface area contributed by atoms with E-state index in [1.165, 1.54) is 0 Å². The van der Waals surface area contributed by atoms with Crippen molar-refractivity contribution in [2.24, 2.45) is 11.7 Å². The third-order valence-corrected chi connectivity index (χ3v) is 1.66. The number of nitrogens with two attached hydrogens (primary N) is 1. The minimum atomic E-state index is -1.91.